The molecule has 2 aliphatic rings. The molecule has 2 fully saturated rings. The molecule has 2 unspecified atom stereocenters. The molecule has 0 bridgehead atoms. The van der Waals surface area contributed by atoms with Gasteiger partial charge in [0.15, 0.2) is 0 Å². The summed E-state index contributed by atoms with van der Waals surface area (Å²) in [5.74, 6) is 0. The molecule has 1 N–H and O–H groups in total. The number of aromatic nitrogens is 2. The summed E-state index contributed by atoms with van der Waals surface area (Å²) >= 11 is 0. The van der Waals surface area contributed by atoms with Crippen molar-refractivity contribution in [1.82, 2.24) is 9.13 Å². The van der Waals surface area contributed by atoms with Crippen molar-refractivity contribution in [3.63, 3.8) is 0 Å². The number of rotatable bonds is 1. The van der Waals surface area contributed by atoms with Crippen LogP contribution < -0.4 is 5.69 Å². The van der Waals surface area contributed by atoms with E-state index in [1.165, 1.54) is 25.7 Å². The molecule has 0 aromatic carbocycles. The predicted molar refractivity (Wildman–Crippen MR) is 69.5 cm³/mol. The Morgan fingerprint density at radius 2 is 2.00 bits per heavy atom. The first-order valence-corrected chi connectivity index (χ1v) is 7.04. The van der Waals surface area contributed by atoms with Crippen molar-refractivity contribution in [2.75, 3.05) is 0 Å². The highest BCUT2D eigenvalue weighted by Gasteiger charge is 2.46. The maximum atomic E-state index is 12.2. The van der Waals surface area contributed by atoms with E-state index in [-0.39, 0.29) is 23.3 Å². The van der Waals surface area contributed by atoms with Crippen molar-refractivity contribution < 1.29 is 5.11 Å². The van der Waals surface area contributed by atoms with Crippen molar-refractivity contribution in [2.45, 2.75) is 57.1 Å². The van der Waals surface area contributed by atoms with E-state index in [4.69, 9.17) is 0 Å². The molecule has 4 heteroatoms. The lowest BCUT2D eigenvalue weighted by Crippen LogP contribution is -2.42. The van der Waals surface area contributed by atoms with Gasteiger partial charge in [0, 0.05) is 25.5 Å². The van der Waals surface area contributed by atoms with Crippen LogP contribution in [0, 0.1) is 5.41 Å². The maximum Gasteiger partial charge on any atom is 0.328 e. The summed E-state index contributed by atoms with van der Waals surface area (Å²) in [5, 5.41) is 9.96. The number of hydrogen-bond donors (Lipinski definition) is 1. The molecular weight excluding hydrogens is 228 g/mol. The van der Waals surface area contributed by atoms with Crippen molar-refractivity contribution >= 4 is 0 Å². The number of aryl methyl sites for hydroxylation is 1. The number of aliphatic hydroxyl groups excluding tert-OH is 1. The Balaban J connectivity index is 2.00. The lowest BCUT2D eigenvalue weighted by atomic mass is 9.68. The molecule has 3 rings (SSSR count). The Bertz CT molecular complexity index is 482. The summed E-state index contributed by atoms with van der Waals surface area (Å²) in [6.07, 6.45) is 11.2. The van der Waals surface area contributed by atoms with E-state index >= 15 is 0 Å². The summed E-state index contributed by atoms with van der Waals surface area (Å²) in [5.41, 5.74) is 0.324. The SMILES string of the molecule is Cn1ccn(C2CC(O)CCC23CCCC3)c1=O. The Morgan fingerprint density at radius 3 is 2.61 bits per heavy atom. The topological polar surface area (TPSA) is 47.2 Å². The molecule has 100 valence electrons. The predicted octanol–water partition coefficient (Wildman–Crippen LogP) is 1.83. The average Bonchev–Trinajstić information content (AvgIpc) is 2.94. The van der Waals surface area contributed by atoms with Gasteiger partial charge in [0.1, 0.15) is 0 Å². The van der Waals surface area contributed by atoms with E-state index in [0.717, 1.165) is 19.3 Å². The minimum absolute atomic E-state index is 0.0559. The average molecular weight is 250 g/mol. The van der Waals surface area contributed by atoms with Gasteiger partial charge >= 0.3 is 5.69 Å². The van der Waals surface area contributed by atoms with Crippen molar-refractivity contribution in [1.29, 1.82) is 0 Å². The van der Waals surface area contributed by atoms with Crippen LogP contribution in [0.4, 0.5) is 0 Å². The molecule has 1 spiro atoms. The van der Waals surface area contributed by atoms with Gasteiger partial charge in [0.2, 0.25) is 0 Å². The highest BCUT2D eigenvalue weighted by Crippen LogP contribution is 2.54. The fourth-order valence-corrected chi connectivity index (χ4v) is 4.04. The van der Waals surface area contributed by atoms with Gasteiger partial charge in [-0.2, -0.15) is 0 Å². The minimum Gasteiger partial charge on any atom is -0.393 e. The molecule has 4 nitrogen and oxygen atoms in total. The van der Waals surface area contributed by atoms with E-state index in [0.29, 0.717) is 0 Å². The van der Waals surface area contributed by atoms with Gasteiger partial charge in [-0.1, -0.05) is 12.8 Å². The van der Waals surface area contributed by atoms with E-state index in [1.807, 2.05) is 17.0 Å². The molecule has 1 aromatic rings. The molecular formula is C14H22N2O2. The van der Waals surface area contributed by atoms with Gasteiger partial charge in [-0.3, -0.25) is 4.57 Å². The lowest BCUT2D eigenvalue weighted by Gasteiger charge is -2.43. The molecule has 0 amide bonds. The zero-order valence-corrected chi connectivity index (χ0v) is 11.0. The maximum absolute atomic E-state index is 12.2. The third-order valence-corrected chi connectivity index (χ3v) is 5.09. The molecule has 2 saturated carbocycles. The Hall–Kier alpha value is -1.03. The van der Waals surface area contributed by atoms with E-state index in [2.05, 4.69) is 0 Å². The van der Waals surface area contributed by atoms with Crippen LogP contribution >= 0.6 is 0 Å². The van der Waals surface area contributed by atoms with E-state index in [9.17, 15) is 9.90 Å². The normalized spacial score (nSPS) is 31.0. The molecule has 18 heavy (non-hydrogen) atoms. The minimum atomic E-state index is -0.242. The largest absolute Gasteiger partial charge is 0.393 e. The first-order chi connectivity index (χ1) is 8.62. The quantitative estimate of drug-likeness (QED) is 0.826. The number of hydrogen-bond acceptors (Lipinski definition) is 2. The van der Waals surface area contributed by atoms with Gasteiger partial charge in [0.25, 0.3) is 0 Å². The summed E-state index contributed by atoms with van der Waals surface area (Å²) in [4.78, 5) is 12.2. The zero-order chi connectivity index (χ0) is 12.8. The van der Waals surface area contributed by atoms with Crippen molar-refractivity contribution in [2.24, 2.45) is 12.5 Å². The first-order valence-electron chi connectivity index (χ1n) is 7.04. The standard InChI is InChI=1S/C14H22N2O2/c1-15-8-9-16(13(15)18)12-10-11(17)4-7-14(12)5-2-3-6-14/h8-9,11-12,17H,2-7,10H2,1H3. The third-order valence-electron chi connectivity index (χ3n) is 5.09. The Labute approximate surface area is 107 Å². The fourth-order valence-electron chi connectivity index (χ4n) is 4.04. The molecule has 0 radical (unpaired) electrons. The monoisotopic (exact) mass is 250 g/mol. The molecule has 1 aromatic heterocycles. The Morgan fingerprint density at radius 1 is 1.28 bits per heavy atom. The van der Waals surface area contributed by atoms with E-state index < -0.39 is 0 Å². The first kappa shape index (κ1) is 12.0. The number of aliphatic hydroxyl groups is 1. The van der Waals surface area contributed by atoms with Gasteiger partial charge in [-0.05, 0) is 37.5 Å². The summed E-state index contributed by atoms with van der Waals surface area (Å²) in [7, 11) is 1.79. The number of imidazole rings is 1. The van der Waals surface area contributed by atoms with Gasteiger partial charge in [-0.15, -0.1) is 0 Å². The Kier molecular flexibility index (Phi) is 2.85. The van der Waals surface area contributed by atoms with Crippen LogP contribution in [0.3, 0.4) is 0 Å². The zero-order valence-electron chi connectivity index (χ0n) is 11.0. The molecule has 2 aliphatic carbocycles. The lowest BCUT2D eigenvalue weighted by molar-refractivity contribution is 0.0160. The van der Waals surface area contributed by atoms with Gasteiger partial charge < -0.3 is 9.67 Å². The summed E-state index contributed by atoms with van der Waals surface area (Å²) in [6.45, 7) is 0. The van der Waals surface area contributed by atoms with Crippen molar-refractivity contribution in [3.05, 3.63) is 22.9 Å². The second-order valence-corrected chi connectivity index (χ2v) is 6.11. The van der Waals surface area contributed by atoms with Crippen LogP contribution in [-0.4, -0.2) is 20.3 Å². The van der Waals surface area contributed by atoms with E-state index in [1.54, 1.807) is 11.6 Å². The fraction of sp³-hybridized carbons (Fsp3) is 0.786. The van der Waals surface area contributed by atoms with Crippen LogP contribution in [-0.2, 0) is 7.05 Å². The van der Waals surface area contributed by atoms with Crippen LogP contribution in [0.5, 0.6) is 0 Å². The molecule has 2 atom stereocenters. The highest BCUT2D eigenvalue weighted by atomic mass is 16.3. The number of nitrogens with zero attached hydrogens (tertiary/aromatic N) is 2. The van der Waals surface area contributed by atoms with Crippen LogP contribution in [0.2, 0.25) is 0 Å². The second-order valence-electron chi connectivity index (χ2n) is 6.11. The van der Waals surface area contributed by atoms with Gasteiger partial charge in [0.05, 0.1) is 6.10 Å². The molecule has 0 aliphatic heterocycles. The third kappa shape index (κ3) is 1.74. The second kappa shape index (κ2) is 4.26. The van der Waals surface area contributed by atoms with Crippen molar-refractivity contribution in [3.8, 4) is 0 Å². The molecule has 0 saturated heterocycles. The van der Waals surface area contributed by atoms with Gasteiger partial charge in [-0.25, -0.2) is 4.79 Å². The summed E-state index contributed by atoms with van der Waals surface area (Å²) < 4.78 is 3.50. The van der Waals surface area contributed by atoms with Crippen LogP contribution in [0.15, 0.2) is 17.2 Å². The smallest absolute Gasteiger partial charge is 0.328 e. The highest BCUT2D eigenvalue weighted by molar-refractivity contribution is 5.00. The molecule has 1 heterocycles. The summed E-state index contributed by atoms with van der Waals surface area (Å²) in [6, 6.07) is 0.192. The van der Waals surface area contributed by atoms with Crippen LogP contribution in [0.25, 0.3) is 0 Å². The van der Waals surface area contributed by atoms with Crippen LogP contribution in [0.1, 0.15) is 51.0 Å².